The molecule has 0 aliphatic heterocycles. The molecule has 0 aliphatic carbocycles. The van der Waals surface area contributed by atoms with Crippen molar-refractivity contribution in [3.8, 4) is 10.7 Å². The summed E-state index contributed by atoms with van der Waals surface area (Å²) in [5.74, 6) is 0.802. The Balaban J connectivity index is 2.20. The standard InChI is InChI=1S/C12H15N3S/c1-2-9(13)8-10-5-6-14-12(15-10)11-4-3-7-16-11/h3-7,9H,2,8,13H2,1H3. The van der Waals surface area contributed by atoms with E-state index >= 15 is 0 Å². The monoisotopic (exact) mass is 233 g/mol. The predicted molar refractivity (Wildman–Crippen MR) is 67.3 cm³/mol. The van der Waals surface area contributed by atoms with Gasteiger partial charge in [0.1, 0.15) is 0 Å². The van der Waals surface area contributed by atoms with E-state index in [0.29, 0.717) is 0 Å². The second kappa shape index (κ2) is 5.18. The SMILES string of the molecule is CCC(N)Cc1ccnc(-c2cccs2)n1. The van der Waals surface area contributed by atoms with Crippen LogP contribution < -0.4 is 5.73 Å². The average molecular weight is 233 g/mol. The molecule has 0 fully saturated rings. The van der Waals surface area contributed by atoms with Crippen molar-refractivity contribution in [3.63, 3.8) is 0 Å². The van der Waals surface area contributed by atoms with Crippen LogP contribution in [0.15, 0.2) is 29.8 Å². The molecule has 4 heteroatoms. The summed E-state index contributed by atoms with van der Waals surface area (Å²) in [5.41, 5.74) is 6.94. The molecule has 0 amide bonds. The number of hydrogen-bond donors (Lipinski definition) is 1. The van der Waals surface area contributed by atoms with Gasteiger partial charge in [0.25, 0.3) is 0 Å². The van der Waals surface area contributed by atoms with E-state index in [1.165, 1.54) is 0 Å². The molecule has 2 heterocycles. The molecular formula is C12H15N3S. The Kier molecular flexibility index (Phi) is 3.64. The van der Waals surface area contributed by atoms with Crippen molar-refractivity contribution in [3.05, 3.63) is 35.5 Å². The van der Waals surface area contributed by atoms with E-state index in [2.05, 4.69) is 16.9 Å². The lowest BCUT2D eigenvalue weighted by atomic mass is 10.1. The molecule has 2 N–H and O–H groups in total. The second-order valence-electron chi connectivity index (χ2n) is 3.72. The zero-order valence-electron chi connectivity index (χ0n) is 9.26. The molecule has 0 bridgehead atoms. The summed E-state index contributed by atoms with van der Waals surface area (Å²) < 4.78 is 0. The first kappa shape index (κ1) is 11.2. The van der Waals surface area contributed by atoms with Crippen LogP contribution in [0.3, 0.4) is 0 Å². The van der Waals surface area contributed by atoms with Gasteiger partial charge in [-0.1, -0.05) is 13.0 Å². The van der Waals surface area contributed by atoms with Gasteiger partial charge in [0.2, 0.25) is 0 Å². The molecule has 0 aromatic carbocycles. The quantitative estimate of drug-likeness (QED) is 0.882. The first-order chi connectivity index (χ1) is 7.79. The molecule has 0 saturated carbocycles. The van der Waals surface area contributed by atoms with E-state index in [4.69, 9.17) is 5.73 Å². The van der Waals surface area contributed by atoms with Crippen LogP contribution >= 0.6 is 11.3 Å². The van der Waals surface area contributed by atoms with Crippen LogP contribution in [0, 0.1) is 0 Å². The number of thiophene rings is 1. The van der Waals surface area contributed by atoms with Crippen LogP contribution in [0.25, 0.3) is 10.7 Å². The van der Waals surface area contributed by atoms with Gasteiger partial charge in [-0.25, -0.2) is 9.97 Å². The minimum absolute atomic E-state index is 0.186. The fraction of sp³-hybridized carbons (Fsp3) is 0.333. The summed E-state index contributed by atoms with van der Waals surface area (Å²) in [6.07, 6.45) is 3.59. The van der Waals surface area contributed by atoms with E-state index in [-0.39, 0.29) is 6.04 Å². The van der Waals surface area contributed by atoms with Crippen molar-refractivity contribution in [1.29, 1.82) is 0 Å². The Morgan fingerprint density at radius 1 is 1.44 bits per heavy atom. The predicted octanol–water partition coefficient (Wildman–Crippen LogP) is 2.48. The summed E-state index contributed by atoms with van der Waals surface area (Å²) >= 11 is 1.65. The van der Waals surface area contributed by atoms with Crippen LogP contribution in [0.4, 0.5) is 0 Å². The molecule has 1 unspecified atom stereocenters. The van der Waals surface area contributed by atoms with Gasteiger partial charge in [-0.3, -0.25) is 0 Å². The van der Waals surface area contributed by atoms with Crippen LogP contribution in [-0.2, 0) is 6.42 Å². The molecule has 84 valence electrons. The fourth-order valence-corrected chi connectivity index (χ4v) is 2.11. The topological polar surface area (TPSA) is 51.8 Å². The van der Waals surface area contributed by atoms with Gasteiger partial charge in [-0.2, -0.15) is 0 Å². The molecule has 3 nitrogen and oxygen atoms in total. The third kappa shape index (κ3) is 2.65. The van der Waals surface area contributed by atoms with Crippen molar-refractivity contribution in [1.82, 2.24) is 9.97 Å². The van der Waals surface area contributed by atoms with Crippen molar-refractivity contribution in [2.75, 3.05) is 0 Å². The van der Waals surface area contributed by atoms with Crippen molar-refractivity contribution >= 4 is 11.3 Å². The number of hydrogen-bond acceptors (Lipinski definition) is 4. The van der Waals surface area contributed by atoms with E-state index in [0.717, 1.165) is 29.2 Å². The van der Waals surface area contributed by atoms with Gasteiger partial charge in [0, 0.05) is 24.4 Å². The highest BCUT2D eigenvalue weighted by atomic mass is 32.1. The largest absolute Gasteiger partial charge is 0.327 e. The molecule has 2 aromatic heterocycles. The molecule has 2 rings (SSSR count). The van der Waals surface area contributed by atoms with Gasteiger partial charge < -0.3 is 5.73 Å². The summed E-state index contributed by atoms with van der Waals surface area (Å²) in [6.45, 7) is 2.09. The third-order valence-electron chi connectivity index (χ3n) is 2.45. The Morgan fingerprint density at radius 2 is 2.31 bits per heavy atom. The smallest absolute Gasteiger partial charge is 0.169 e. The van der Waals surface area contributed by atoms with Crippen LogP contribution in [-0.4, -0.2) is 16.0 Å². The lowest BCUT2D eigenvalue weighted by molar-refractivity contribution is 0.636. The lowest BCUT2D eigenvalue weighted by Crippen LogP contribution is -2.22. The maximum absolute atomic E-state index is 5.92. The molecule has 0 radical (unpaired) electrons. The molecule has 0 saturated heterocycles. The zero-order chi connectivity index (χ0) is 11.4. The molecule has 0 aliphatic rings. The van der Waals surface area contributed by atoms with Crippen LogP contribution in [0.5, 0.6) is 0 Å². The number of nitrogens with zero attached hydrogens (tertiary/aromatic N) is 2. The zero-order valence-corrected chi connectivity index (χ0v) is 10.1. The number of aromatic nitrogens is 2. The highest BCUT2D eigenvalue weighted by Gasteiger charge is 2.06. The normalized spacial score (nSPS) is 12.6. The number of nitrogens with two attached hydrogens (primary N) is 1. The Hall–Kier alpha value is -1.26. The second-order valence-corrected chi connectivity index (χ2v) is 4.67. The van der Waals surface area contributed by atoms with Crippen LogP contribution in [0.2, 0.25) is 0 Å². The van der Waals surface area contributed by atoms with Gasteiger partial charge >= 0.3 is 0 Å². The van der Waals surface area contributed by atoms with Crippen LogP contribution in [0.1, 0.15) is 19.0 Å². The Morgan fingerprint density at radius 3 is 3.00 bits per heavy atom. The molecule has 0 spiro atoms. The van der Waals surface area contributed by atoms with Crippen molar-refractivity contribution < 1.29 is 0 Å². The van der Waals surface area contributed by atoms with Gasteiger partial charge in [0.15, 0.2) is 5.82 Å². The molecule has 16 heavy (non-hydrogen) atoms. The van der Waals surface area contributed by atoms with E-state index in [1.54, 1.807) is 17.5 Å². The average Bonchev–Trinajstić information content (AvgIpc) is 2.83. The number of rotatable bonds is 4. The van der Waals surface area contributed by atoms with Crippen molar-refractivity contribution in [2.24, 2.45) is 5.73 Å². The van der Waals surface area contributed by atoms with E-state index in [9.17, 15) is 0 Å². The Bertz CT molecular complexity index is 439. The minimum Gasteiger partial charge on any atom is -0.327 e. The third-order valence-corrected chi connectivity index (χ3v) is 3.32. The first-order valence-electron chi connectivity index (χ1n) is 5.41. The summed E-state index contributed by atoms with van der Waals surface area (Å²) in [5, 5.41) is 2.03. The molecule has 1 atom stereocenters. The van der Waals surface area contributed by atoms with E-state index < -0.39 is 0 Å². The van der Waals surface area contributed by atoms with Gasteiger partial charge in [0.05, 0.1) is 4.88 Å². The van der Waals surface area contributed by atoms with Gasteiger partial charge in [-0.05, 0) is 23.9 Å². The highest BCUT2D eigenvalue weighted by molar-refractivity contribution is 7.13. The maximum atomic E-state index is 5.92. The lowest BCUT2D eigenvalue weighted by Gasteiger charge is -2.07. The molecule has 2 aromatic rings. The van der Waals surface area contributed by atoms with Gasteiger partial charge in [-0.15, -0.1) is 11.3 Å². The minimum atomic E-state index is 0.186. The molecular weight excluding hydrogens is 218 g/mol. The fourth-order valence-electron chi connectivity index (χ4n) is 1.45. The van der Waals surface area contributed by atoms with E-state index in [1.807, 2.05) is 23.6 Å². The Labute approximate surface area is 99.4 Å². The van der Waals surface area contributed by atoms with Crippen molar-refractivity contribution in [2.45, 2.75) is 25.8 Å². The summed E-state index contributed by atoms with van der Waals surface area (Å²) in [4.78, 5) is 9.90. The highest BCUT2D eigenvalue weighted by Crippen LogP contribution is 2.20. The first-order valence-corrected chi connectivity index (χ1v) is 6.29. The summed E-state index contributed by atoms with van der Waals surface area (Å²) in [7, 11) is 0. The maximum Gasteiger partial charge on any atom is 0.169 e. The summed E-state index contributed by atoms with van der Waals surface area (Å²) in [6, 6.07) is 6.16.